The van der Waals surface area contributed by atoms with Crippen molar-refractivity contribution >= 4 is 37.6 Å². The molecule has 2 unspecified atom stereocenters. The smallest absolute Gasteiger partial charge is 0.163 e. The first-order valence-electron chi connectivity index (χ1n) is 5.39. The molecule has 3 heteroatoms. The lowest BCUT2D eigenvalue weighted by molar-refractivity contribution is -0.190. The van der Waals surface area contributed by atoms with Crippen molar-refractivity contribution in [2.75, 3.05) is 0 Å². The van der Waals surface area contributed by atoms with E-state index in [-0.39, 0.29) is 0 Å². The predicted molar refractivity (Wildman–Crippen MR) is 62.6 cm³/mol. The normalized spacial score (nSPS) is 53.9. The van der Waals surface area contributed by atoms with Gasteiger partial charge in [0.05, 0.1) is 0 Å². The van der Waals surface area contributed by atoms with Crippen molar-refractivity contribution in [3.05, 3.63) is 0 Å². The minimum absolute atomic E-state index is 0.362. The Morgan fingerprint density at radius 1 is 1.29 bits per heavy atom. The molecule has 0 spiro atoms. The Balaban J connectivity index is 2.00. The van der Waals surface area contributed by atoms with E-state index in [1.165, 1.54) is 19.3 Å². The molecule has 14 heavy (non-hydrogen) atoms. The highest BCUT2D eigenvalue weighted by molar-refractivity contribution is 9.25. The summed E-state index contributed by atoms with van der Waals surface area (Å²) in [6.07, 6.45) is 4.87. The van der Waals surface area contributed by atoms with Crippen LogP contribution in [0.3, 0.4) is 0 Å². The van der Waals surface area contributed by atoms with Crippen molar-refractivity contribution in [1.29, 1.82) is 0 Å². The van der Waals surface area contributed by atoms with Crippen molar-refractivity contribution < 1.29 is 4.79 Å². The minimum Gasteiger partial charge on any atom is -0.297 e. The number of fused-ring (bicyclic) bond motifs is 1. The van der Waals surface area contributed by atoms with Gasteiger partial charge in [-0.1, -0.05) is 45.2 Å². The molecule has 0 radical (unpaired) electrons. The Labute approximate surface area is 101 Å². The minimum atomic E-state index is -0.399. The zero-order chi connectivity index (χ0) is 10.1. The average molecular weight is 322 g/mol. The lowest BCUT2D eigenvalue weighted by Crippen LogP contribution is -2.68. The molecule has 0 saturated heterocycles. The van der Waals surface area contributed by atoms with Gasteiger partial charge in [0.2, 0.25) is 0 Å². The number of Topliss-reactive ketones (excluding diaryl/α,β-unsaturated/α-hetero) is 1. The highest BCUT2D eigenvalue weighted by Crippen LogP contribution is 2.72. The largest absolute Gasteiger partial charge is 0.297 e. The molecule has 0 aliphatic heterocycles. The Bertz CT molecular complexity index is 298. The van der Waals surface area contributed by atoms with E-state index in [0.29, 0.717) is 29.0 Å². The van der Waals surface area contributed by atoms with Crippen molar-refractivity contribution in [2.45, 2.75) is 35.8 Å². The van der Waals surface area contributed by atoms with Crippen LogP contribution in [0.4, 0.5) is 0 Å². The first kappa shape index (κ1) is 9.83. The van der Waals surface area contributed by atoms with E-state index in [2.05, 4.69) is 38.8 Å². The number of alkyl halides is 2. The van der Waals surface area contributed by atoms with Gasteiger partial charge >= 0.3 is 0 Å². The van der Waals surface area contributed by atoms with E-state index >= 15 is 0 Å². The van der Waals surface area contributed by atoms with E-state index in [4.69, 9.17) is 0 Å². The van der Waals surface area contributed by atoms with Crippen LogP contribution in [-0.2, 0) is 4.79 Å². The van der Waals surface area contributed by atoms with Crippen LogP contribution in [0.1, 0.15) is 32.6 Å². The van der Waals surface area contributed by atoms with Crippen molar-refractivity contribution in [3.63, 3.8) is 0 Å². The molecule has 0 aromatic rings. The summed E-state index contributed by atoms with van der Waals surface area (Å²) in [7, 11) is 0. The molecule has 0 N–H and O–H groups in total. The first-order valence-corrected chi connectivity index (χ1v) is 6.97. The molecule has 3 aliphatic carbocycles. The van der Waals surface area contributed by atoms with Gasteiger partial charge in [-0.15, -0.1) is 0 Å². The summed E-state index contributed by atoms with van der Waals surface area (Å²) in [6, 6.07) is 0. The summed E-state index contributed by atoms with van der Waals surface area (Å²) in [4.78, 5) is 12.1. The number of rotatable bonds is 0. The number of halogens is 2. The number of hydrogen-bond donors (Lipinski definition) is 0. The van der Waals surface area contributed by atoms with Crippen LogP contribution in [-0.4, -0.2) is 9.02 Å². The van der Waals surface area contributed by atoms with Crippen LogP contribution in [0.2, 0.25) is 0 Å². The summed E-state index contributed by atoms with van der Waals surface area (Å²) >= 11 is 7.08. The molecule has 3 saturated carbocycles. The fourth-order valence-electron chi connectivity index (χ4n) is 4.27. The second-order valence-electron chi connectivity index (χ2n) is 5.42. The second-order valence-corrected chi connectivity index (χ2v) is 9.19. The summed E-state index contributed by atoms with van der Waals surface area (Å²) in [5, 5.41) is 0. The SMILES string of the molecule is CC12CC(Br)(Br)C(=O)C3[C@H]1CCC[C@@H]32. The third-order valence-electron chi connectivity index (χ3n) is 4.86. The van der Waals surface area contributed by atoms with Crippen LogP contribution in [0.15, 0.2) is 0 Å². The third-order valence-corrected chi connectivity index (χ3v) is 6.20. The maximum Gasteiger partial charge on any atom is 0.163 e. The van der Waals surface area contributed by atoms with Gasteiger partial charge in [0.25, 0.3) is 0 Å². The fourth-order valence-corrected chi connectivity index (χ4v) is 6.01. The zero-order valence-corrected chi connectivity index (χ0v) is 11.4. The molecule has 0 heterocycles. The third kappa shape index (κ3) is 0.940. The quantitative estimate of drug-likeness (QED) is 0.624. The van der Waals surface area contributed by atoms with Crippen LogP contribution in [0.5, 0.6) is 0 Å². The zero-order valence-electron chi connectivity index (χ0n) is 8.22. The molecule has 3 aliphatic rings. The fraction of sp³-hybridized carbons (Fsp3) is 0.909. The van der Waals surface area contributed by atoms with E-state index < -0.39 is 3.23 Å². The molecule has 3 fully saturated rings. The Morgan fingerprint density at radius 3 is 2.43 bits per heavy atom. The van der Waals surface area contributed by atoms with Crippen LogP contribution in [0, 0.1) is 23.2 Å². The highest BCUT2D eigenvalue weighted by atomic mass is 79.9. The molecule has 0 aromatic heterocycles. The van der Waals surface area contributed by atoms with E-state index in [1.807, 2.05) is 0 Å². The van der Waals surface area contributed by atoms with Crippen molar-refractivity contribution in [3.8, 4) is 0 Å². The molecular weight excluding hydrogens is 308 g/mol. The van der Waals surface area contributed by atoms with E-state index in [9.17, 15) is 4.79 Å². The summed E-state index contributed by atoms with van der Waals surface area (Å²) in [5.74, 6) is 2.16. The molecule has 4 bridgehead atoms. The van der Waals surface area contributed by atoms with Crippen LogP contribution < -0.4 is 0 Å². The summed E-state index contributed by atoms with van der Waals surface area (Å²) in [6.45, 7) is 2.38. The standard InChI is InChI=1S/C11H14Br2O/c1-10-5-11(12,13)9(14)8-6(10)3-2-4-7(8)10/h6-8H,2-5H2,1H3/t6-,7+,8?,10?. The average Bonchev–Trinajstić information content (AvgIpc) is 2.13. The van der Waals surface area contributed by atoms with Crippen molar-refractivity contribution in [2.24, 2.45) is 23.2 Å². The Hall–Kier alpha value is 0.630. The van der Waals surface area contributed by atoms with E-state index in [0.717, 1.165) is 6.42 Å². The predicted octanol–water partition coefficient (Wildman–Crippen LogP) is 3.50. The number of carbonyl (C=O) groups is 1. The van der Waals surface area contributed by atoms with Gasteiger partial charge in [0.15, 0.2) is 5.78 Å². The van der Waals surface area contributed by atoms with Crippen LogP contribution >= 0.6 is 31.9 Å². The van der Waals surface area contributed by atoms with E-state index in [1.54, 1.807) is 0 Å². The maximum absolute atomic E-state index is 12.1. The maximum atomic E-state index is 12.1. The lowest BCUT2D eigenvalue weighted by atomic mass is 9.37. The van der Waals surface area contributed by atoms with Gasteiger partial charge in [-0.05, 0) is 36.5 Å². The van der Waals surface area contributed by atoms with Gasteiger partial charge in [-0.3, -0.25) is 4.79 Å². The first-order chi connectivity index (χ1) is 6.47. The molecule has 4 atom stereocenters. The summed E-state index contributed by atoms with van der Waals surface area (Å²) in [5.41, 5.74) is 0.434. The van der Waals surface area contributed by atoms with Gasteiger partial charge in [0, 0.05) is 5.92 Å². The second kappa shape index (κ2) is 2.65. The molecule has 78 valence electrons. The molecular formula is C11H14Br2O. The highest BCUT2D eigenvalue weighted by Gasteiger charge is 2.70. The Kier molecular flexibility index (Phi) is 1.86. The van der Waals surface area contributed by atoms with Crippen LogP contribution in [0.25, 0.3) is 0 Å². The topological polar surface area (TPSA) is 17.1 Å². The van der Waals surface area contributed by atoms with Crippen molar-refractivity contribution in [1.82, 2.24) is 0 Å². The number of ketones is 1. The monoisotopic (exact) mass is 320 g/mol. The molecule has 1 nitrogen and oxygen atoms in total. The van der Waals surface area contributed by atoms with Gasteiger partial charge in [0.1, 0.15) is 3.23 Å². The number of carbonyl (C=O) groups excluding carboxylic acids is 1. The Morgan fingerprint density at radius 2 is 1.86 bits per heavy atom. The molecule has 0 amide bonds. The van der Waals surface area contributed by atoms with Gasteiger partial charge < -0.3 is 0 Å². The van der Waals surface area contributed by atoms with Gasteiger partial charge in [-0.25, -0.2) is 0 Å². The lowest BCUT2D eigenvalue weighted by Gasteiger charge is -2.68. The number of hydrogen-bond acceptors (Lipinski definition) is 1. The summed E-state index contributed by atoms with van der Waals surface area (Å²) < 4.78 is -0.399. The molecule has 0 aromatic carbocycles. The molecule has 3 rings (SSSR count). The van der Waals surface area contributed by atoms with Gasteiger partial charge in [-0.2, -0.15) is 0 Å².